The fourth-order valence-corrected chi connectivity index (χ4v) is 3.16. The van der Waals surface area contributed by atoms with E-state index in [0.717, 1.165) is 12.1 Å². The van der Waals surface area contributed by atoms with E-state index in [2.05, 4.69) is 31.0 Å². The predicted molar refractivity (Wildman–Crippen MR) is 76.5 cm³/mol. The third-order valence-electron chi connectivity index (χ3n) is 4.13. The smallest absolute Gasteiger partial charge is 0.00979 e. The standard InChI is InChI=1S/C15H32N2/c1-4-12-16-13-8-9-14(3)17(5-2)15-10-6-7-11-15/h14-16H,4-13H2,1-3H3. The van der Waals surface area contributed by atoms with Crippen molar-refractivity contribution < 1.29 is 0 Å². The lowest BCUT2D eigenvalue weighted by Crippen LogP contribution is -2.40. The second kappa shape index (κ2) is 8.93. The number of nitrogens with one attached hydrogen (secondary N) is 1. The van der Waals surface area contributed by atoms with Crippen LogP contribution in [0.25, 0.3) is 0 Å². The first-order valence-electron chi connectivity index (χ1n) is 7.76. The normalized spacial score (nSPS) is 19.1. The van der Waals surface area contributed by atoms with Gasteiger partial charge < -0.3 is 5.32 Å². The maximum atomic E-state index is 3.50. The molecule has 2 heteroatoms. The van der Waals surface area contributed by atoms with Gasteiger partial charge in [-0.3, -0.25) is 4.90 Å². The van der Waals surface area contributed by atoms with Gasteiger partial charge in [-0.05, 0) is 58.7 Å². The third-order valence-corrected chi connectivity index (χ3v) is 4.13. The van der Waals surface area contributed by atoms with Gasteiger partial charge >= 0.3 is 0 Å². The largest absolute Gasteiger partial charge is 0.317 e. The van der Waals surface area contributed by atoms with Gasteiger partial charge in [0.25, 0.3) is 0 Å². The molecule has 1 unspecified atom stereocenters. The maximum Gasteiger partial charge on any atom is 0.00979 e. The van der Waals surface area contributed by atoms with Crippen molar-refractivity contribution in [1.29, 1.82) is 0 Å². The van der Waals surface area contributed by atoms with Crippen molar-refractivity contribution >= 4 is 0 Å². The Balaban J connectivity index is 2.16. The van der Waals surface area contributed by atoms with Crippen molar-refractivity contribution in [2.45, 2.75) is 77.8 Å². The van der Waals surface area contributed by atoms with Crippen molar-refractivity contribution in [1.82, 2.24) is 10.2 Å². The summed E-state index contributed by atoms with van der Waals surface area (Å²) in [6.07, 6.45) is 9.70. The molecule has 1 aliphatic carbocycles. The molecule has 1 rings (SSSR count). The van der Waals surface area contributed by atoms with Crippen LogP contribution >= 0.6 is 0 Å². The highest BCUT2D eigenvalue weighted by molar-refractivity contribution is 4.80. The number of rotatable bonds is 9. The van der Waals surface area contributed by atoms with Gasteiger partial charge in [0.2, 0.25) is 0 Å². The summed E-state index contributed by atoms with van der Waals surface area (Å²) in [6.45, 7) is 10.6. The second-order valence-electron chi connectivity index (χ2n) is 5.51. The van der Waals surface area contributed by atoms with Crippen LogP contribution < -0.4 is 5.32 Å². The molecule has 0 spiro atoms. The fraction of sp³-hybridized carbons (Fsp3) is 1.00. The summed E-state index contributed by atoms with van der Waals surface area (Å²) in [4.78, 5) is 2.74. The molecule has 1 N–H and O–H groups in total. The van der Waals surface area contributed by atoms with Gasteiger partial charge in [-0.15, -0.1) is 0 Å². The maximum absolute atomic E-state index is 3.50. The highest BCUT2D eigenvalue weighted by Gasteiger charge is 2.24. The van der Waals surface area contributed by atoms with Gasteiger partial charge in [-0.2, -0.15) is 0 Å². The molecular formula is C15H32N2. The first-order valence-corrected chi connectivity index (χ1v) is 7.76. The Kier molecular flexibility index (Phi) is 7.87. The molecule has 0 amide bonds. The molecule has 17 heavy (non-hydrogen) atoms. The molecule has 2 nitrogen and oxygen atoms in total. The molecule has 0 heterocycles. The van der Waals surface area contributed by atoms with Crippen LogP contribution in [0.2, 0.25) is 0 Å². The molecule has 1 fully saturated rings. The fourth-order valence-electron chi connectivity index (χ4n) is 3.16. The van der Waals surface area contributed by atoms with Crippen LogP contribution in [0.1, 0.15) is 65.7 Å². The van der Waals surface area contributed by atoms with Crippen LogP contribution in [0, 0.1) is 0 Å². The Hall–Kier alpha value is -0.0800. The molecule has 0 aromatic rings. The molecule has 0 aromatic carbocycles. The summed E-state index contributed by atoms with van der Waals surface area (Å²) in [7, 11) is 0. The summed E-state index contributed by atoms with van der Waals surface area (Å²) in [6, 6.07) is 1.66. The average Bonchev–Trinajstić information content (AvgIpc) is 2.83. The summed E-state index contributed by atoms with van der Waals surface area (Å²) in [5.41, 5.74) is 0. The Bertz CT molecular complexity index is 176. The lowest BCUT2D eigenvalue weighted by Gasteiger charge is -2.33. The highest BCUT2D eigenvalue weighted by atomic mass is 15.2. The van der Waals surface area contributed by atoms with Crippen molar-refractivity contribution in [3.05, 3.63) is 0 Å². The van der Waals surface area contributed by atoms with Crippen molar-refractivity contribution in [3.8, 4) is 0 Å². The van der Waals surface area contributed by atoms with E-state index in [9.17, 15) is 0 Å². The number of hydrogen-bond donors (Lipinski definition) is 1. The van der Waals surface area contributed by atoms with Gasteiger partial charge in [-0.25, -0.2) is 0 Å². The van der Waals surface area contributed by atoms with E-state index in [1.807, 2.05) is 0 Å². The van der Waals surface area contributed by atoms with E-state index in [1.54, 1.807) is 0 Å². The summed E-state index contributed by atoms with van der Waals surface area (Å²) in [5, 5.41) is 3.50. The first-order chi connectivity index (χ1) is 8.29. The van der Waals surface area contributed by atoms with Crippen molar-refractivity contribution in [3.63, 3.8) is 0 Å². The zero-order valence-corrected chi connectivity index (χ0v) is 12.2. The van der Waals surface area contributed by atoms with Crippen LogP contribution in [0.4, 0.5) is 0 Å². The van der Waals surface area contributed by atoms with E-state index >= 15 is 0 Å². The summed E-state index contributed by atoms with van der Waals surface area (Å²) < 4.78 is 0. The Labute approximate surface area is 108 Å². The van der Waals surface area contributed by atoms with Crippen LogP contribution in [-0.2, 0) is 0 Å². The minimum Gasteiger partial charge on any atom is -0.317 e. The molecular weight excluding hydrogens is 208 g/mol. The summed E-state index contributed by atoms with van der Waals surface area (Å²) in [5.74, 6) is 0. The second-order valence-corrected chi connectivity index (χ2v) is 5.51. The molecule has 0 aromatic heterocycles. The quantitative estimate of drug-likeness (QED) is 0.621. The third kappa shape index (κ3) is 5.39. The number of hydrogen-bond acceptors (Lipinski definition) is 2. The van der Waals surface area contributed by atoms with E-state index < -0.39 is 0 Å². The van der Waals surface area contributed by atoms with Gasteiger partial charge in [0, 0.05) is 12.1 Å². The van der Waals surface area contributed by atoms with Gasteiger partial charge in [0.05, 0.1) is 0 Å². The average molecular weight is 240 g/mol. The predicted octanol–water partition coefficient (Wildman–Crippen LogP) is 3.42. The molecule has 1 aliphatic rings. The van der Waals surface area contributed by atoms with E-state index in [1.165, 1.54) is 64.6 Å². The topological polar surface area (TPSA) is 15.3 Å². The number of nitrogens with zero attached hydrogens (tertiary/aromatic N) is 1. The highest BCUT2D eigenvalue weighted by Crippen LogP contribution is 2.25. The van der Waals surface area contributed by atoms with Gasteiger partial charge in [0.15, 0.2) is 0 Å². The Morgan fingerprint density at radius 3 is 2.47 bits per heavy atom. The van der Waals surface area contributed by atoms with Crippen molar-refractivity contribution in [2.24, 2.45) is 0 Å². The monoisotopic (exact) mass is 240 g/mol. The first kappa shape index (κ1) is 15.0. The molecule has 0 radical (unpaired) electrons. The van der Waals surface area contributed by atoms with Gasteiger partial charge in [-0.1, -0.05) is 26.7 Å². The van der Waals surface area contributed by atoms with E-state index in [4.69, 9.17) is 0 Å². The SMILES string of the molecule is CCCNCCCC(C)N(CC)C1CCCC1. The van der Waals surface area contributed by atoms with Crippen LogP contribution in [0.3, 0.4) is 0 Å². The minimum atomic E-state index is 0.770. The minimum absolute atomic E-state index is 0.770. The van der Waals surface area contributed by atoms with E-state index in [-0.39, 0.29) is 0 Å². The molecule has 1 atom stereocenters. The van der Waals surface area contributed by atoms with Gasteiger partial charge in [0.1, 0.15) is 0 Å². The summed E-state index contributed by atoms with van der Waals surface area (Å²) >= 11 is 0. The molecule has 0 saturated heterocycles. The van der Waals surface area contributed by atoms with Crippen LogP contribution in [-0.4, -0.2) is 36.6 Å². The van der Waals surface area contributed by atoms with Crippen LogP contribution in [0.5, 0.6) is 0 Å². The van der Waals surface area contributed by atoms with Crippen molar-refractivity contribution in [2.75, 3.05) is 19.6 Å². The Morgan fingerprint density at radius 1 is 1.18 bits per heavy atom. The van der Waals surface area contributed by atoms with Crippen LogP contribution in [0.15, 0.2) is 0 Å². The van der Waals surface area contributed by atoms with E-state index in [0.29, 0.717) is 0 Å². The Morgan fingerprint density at radius 2 is 1.88 bits per heavy atom. The molecule has 1 saturated carbocycles. The lowest BCUT2D eigenvalue weighted by molar-refractivity contribution is 0.145. The lowest BCUT2D eigenvalue weighted by atomic mass is 10.1. The zero-order valence-electron chi connectivity index (χ0n) is 12.2. The zero-order chi connectivity index (χ0) is 12.5. The molecule has 102 valence electrons. The molecule has 0 bridgehead atoms. The molecule has 0 aliphatic heterocycles.